The zero-order valence-corrected chi connectivity index (χ0v) is 14.0. The van der Waals surface area contributed by atoms with Crippen LogP contribution in [0.15, 0.2) is 87.9 Å². The van der Waals surface area contributed by atoms with Gasteiger partial charge in [0.25, 0.3) is 0 Å². The molecule has 1 heterocycles. The number of benzene rings is 1. The molecule has 0 spiro atoms. The quantitative estimate of drug-likeness (QED) is 0.879. The molecule has 3 nitrogen and oxygen atoms in total. The van der Waals surface area contributed by atoms with Crippen LogP contribution in [0.2, 0.25) is 0 Å². The minimum atomic E-state index is -0.0782. The lowest BCUT2D eigenvalue weighted by Gasteiger charge is -2.29. The third-order valence-electron chi connectivity index (χ3n) is 4.62. The Labute approximate surface area is 142 Å². The molecule has 24 heavy (non-hydrogen) atoms. The fourth-order valence-electron chi connectivity index (χ4n) is 3.43. The highest BCUT2D eigenvalue weighted by atomic mass is 15.2. The third-order valence-corrected chi connectivity index (χ3v) is 4.62. The largest absolute Gasteiger partial charge is 0.324 e. The molecule has 4 rings (SSSR count). The van der Waals surface area contributed by atoms with Gasteiger partial charge in [-0.05, 0) is 24.5 Å². The van der Waals surface area contributed by atoms with Crippen LogP contribution in [0.4, 0.5) is 0 Å². The fourth-order valence-corrected chi connectivity index (χ4v) is 3.43. The molecule has 3 unspecified atom stereocenters. The Morgan fingerprint density at radius 3 is 2.58 bits per heavy atom. The van der Waals surface area contributed by atoms with Crippen LogP contribution in [-0.4, -0.2) is 17.8 Å². The second-order valence-corrected chi connectivity index (χ2v) is 6.47. The molecule has 0 radical (unpaired) electrons. The molecule has 0 saturated heterocycles. The number of aliphatic imine (C=N–C) groups is 2. The van der Waals surface area contributed by atoms with Crippen LogP contribution >= 0.6 is 0 Å². The zero-order chi connectivity index (χ0) is 16.5. The molecule has 120 valence electrons. The van der Waals surface area contributed by atoms with Gasteiger partial charge in [-0.1, -0.05) is 67.6 Å². The van der Waals surface area contributed by atoms with E-state index >= 15 is 0 Å². The first kappa shape index (κ1) is 14.9. The summed E-state index contributed by atoms with van der Waals surface area (Å²) in [6.45, 7) is 4.29. The predicted molar refractivity (Wildman–Crippen MR) is 100 cm³/mol. The summed E-state index contributed by atoms with van der Waals surface area (Å²) in [7, 11) is 0. The van der Waals surface area contributed by atoms with Crippen molar-refractivity contribution in [2.24, 2.45) is 21.8 Å². The second kappa shape index (κ2) is 6.08. The summed E-state index contributed by atoms with van der Waals surface area (Å²) in [5.41, 5.74) is 3.60. The van der Waals surface area contributed by atoms with E-state index in [0.717, 1.165) is 22.8 Å². The molecule has 1 aliphatic heterocycles. The molecule has 3 aliphatic rings. The molecule has 0 aromatic heterocycles. The maximum Gasteiger partial charge on any atom is 0.141 e. The van der Waals surface area contributed by atoms with E-state index in [-0.39, 0.29) is 6.17 Å². The Morgan fingerprint density at radius 2 is 1.75 bits per heavy atom. The Balaban J connectivity index is 1.64. The summed E-state index contributed by atoms with van der Waals surface area (Å²) in [5.74, 6) is 2.74. The standard InChI is InChI=1S/C21H21N3/c1-14-12-18(13-17-10-6-7-11-19(14)17)21-23-15(2)22-20(24-21)16-8-4-3-5-9-16/h3-15,19H,1-2H3,(H,22,23,24). The van der Waals surface area contributed by atoms with Gasteiger partial charge in [0.2, 0.25) is 0 Å². The van der Waals surface area contributed by atoms with Gasteiger partial charge in [0.1, 0.15) is 17.8 Å². The lowest BCUT2D eigenvalue weighted by molar-refractivity contribution is 0.580. The molecule has 1 aromatic rings. The van der Waals surface area contributed by atoms with Crippen molar-refractivity contribution < 1.29 is 0 Å². The monoisotopic (exact) mass is 315 g/mol. The smallest absolute Gasteiger partial charge is 0.141 e. The van der Waals surface area contributed by atoms with Crippen molar-refractivity contribution in [2.45, 2.75) is 20.0 Å². The average Bonchev–Trinajstić information content (AvgIpc) is 2.62. The lowest BCUT2D eigenvalue weighted by Crippen LogP contribution is -2.38. The van der Waals surface area contributed by atoms with Crippen LogP contribution in [0.5, 0.6) is 0 Å². The van der Waals surface area contributed by atoms with Crippen LogP contribution in [0.3, 0.4) is 0 Å². The van der Waals surface area contributed by atoms with Crippen molar-refractivity contribution in [3.8, 4) is 0 Å². The summed E-state index contributed by atoms with van der Waals surface area (Å²) in [5, 5.41) is 3.43. The van der Waals surface area contributed by atoms with Crippen molar-refractivity contribution in [1.29, 1.82) is 0 Å². The minimum absolute atomic E-state index is 0.0782. The molecule has 0 amide bonds. The number of nitrogens with zero attached hydrogens (tertiary/aromatic N) is 2. The molecule has 0 saturated carbocycles. The van der Waals surface area contributed by atoms with E-state index in [9.17, 15) is 0 Å². The van der Waals surface area contributed by atoms with Crippen LogP contribution < -0.4 is 5.32 Å². The second-order valence-electron chi connectivity index (χ2n) is 6.47. The van der Waals surface area contributed by atoms with Gasteiger partial charge in [-0.2, -0.15) is 0 Å². The van der Waals surface area contributed by atoms with E-state index in [1.807, 2.05) is 25.1 Å². The number of hydrogen-bond donors (Lipinski definition) is 1. The summed E-state index contributed by atoms with van der Waals surface area (Å²) >= 11 is 0. The van der Waals surface area contributed by atoms with Gasteiger partial charge in [-0.15, -0.1) is 0 Å². The Hall–Kier alpha value is -2.68. The van der Waals surface area contributed by atoms with Crippen LogP contribution in [0.25, 0.3) is 0 Å². The van der Waals surface area contributed by atoms with Crippen LogP contribution in [0.1, 0.15) is 19.4 Å². The maximum absolute atomic E-state index is 4.72. The first-order valence-electron chi connectivity index (χ1n) is 8.47. The molecule has 1 N–H and O–H groups in total. The van der Waals surface area contributed by atoms with Crippen LogP contribution in [0, 0.1) is 11.8 Å². The van der Waals surface area contributed by atoms with E-state index in [2.05, 4.69) is 65.8 Å². The third kappa shape index (κ3) is 2.78. The number of fused-ring (bicyclic) bond motifs is 1. The number of allylic oxidation sites excluding steroid dienone is 6. The van der Waals surface area contributed by atoms with E-state index in [1.165, 1.54) is 5.57 Å². The molecule has 0 bridgehead atoms. The van der Waals surface area contributed by atoms with Crippen molar-refractivity contribution in [3.63, 3.8) is 0 Å². The van der Waals surface area contributed by atoms with Crippen molar-refractivity contribution in [3.05, 3.63) is 83.5 Å². The predicted octanol–water partition coefficient (Wildman–Crippen LogP) is 4.03. The van der Waals surface area contributed by atoms with E-state index in [4.69, 9.17) is 4.99 Å². The molecule has 1 aromatic carbocycles. The Bertz CT molecular complexity index is 822. The van der Waals surface area contributed by atoms with E-state index in [0.29, 0.717) is 11.8 Å². The number of amidine groups is 2. The first-order valence-corrected chi connectivity index (χ1v) is 8.47. The first-order chi connectivity index (χ1) is 11.7. The van der Waals surface area contributed by atoms with E-state index < -0.39 is 0 Å². The number of nitrogens with one attached hydrogen (secondary N) is 1. The zero-order valence-electron chi connectivity index (χ0n) is 14.0. The van der Waals surface area contributed by atoms with Crippen molar-refractivity contribution >= 4 is 11.7 Å². The van der Waals surface area contributed by atoms with Gasteiger partial charge in [-0.25, -0.2) is 9.98 Å². The molecule has 0 fully saturated rings. The topological polar surface area (TPSA) is 36.8 Å². The maximum atomic E-state index is 4.72. The number of hydrogen-bond acceptors (Lipinski definition) is 3. The summed E-state index contributed by atoms with van der Waals surface area (Å²) in [6, 6.07) is 10.2. The highest BCUT2D eigenvalue weighted by Crippen LogP contribution is 2.33. The molecule has 3 heteroatoms. The SMILES string of the molecule is CC1N=C(C2=CC(C)C3C=CC=CC3=C2)NC(c2ccccc2)=N1. The van der Waals surface area contributed by atoms with Crippen molar-refractivity contribution in [1.82, 2.24) is 5.32 Å². The Kier molecular flexibility index (Phi) is 3.77. The molecule has 3 atom stereocenters. The average molecular weight is 315 g/mol. The molecular weight excluding hydrogens is 294 g/mol. The summed E-state index contributed by atoms with van der Waals surface area (Å²) in [6.07, 6.45) is 13.2. The van der Waals surface area contributed by atoms with Gasteiger partial charge in [-0.3, -0.25) is 0 Å². The van der Waals surface area contributed by atoms with Gasteiger partial charge >= 0.3 is 0 Å². The van der Waals surface area contributed by atoms with Gasteiger partial charge in [0.05, 0.1) is 0 Å². The molecular formula is C21H21N3. The summed E-state index contributed by atoms with van der Waals surface area (Å²) < 4.78 is 0. The molecule has 2 aliphatic carbocycles. The normalized spacial score (nSPS) is 28.2. The van der Waals surface area contributed by atoms with E-state index in [1.54, 1.807) is 0 Å². The highest BCUT2D eigenvalue weighted by molar-refractivity contribution is 6.16. The minimum Gasteiger partial charge on any atom is -0.324 e. The summed E-state index contributed by atoms with van der Waals surface area (Å²) in [4.78, 5) is 9.36. The van der Waals surface area contributed by atoms with Gasteiger partial charge in [0, 0.05) is 17.1 Å². The van der Waals surface area contributed by atoms with Gasteiger partial charge < -0.3 is 5.32 Å². The number of rotatable bonds is 2. The van der Waals surface area contributed by atoms with Gasteiger partial charge in [0.15, 0.2) is 0 Å². The van der Waals surface area contributed by atoms with Crippen LogP contribution in [-0.2, 0) is 0 Å². The fraction of sp³-hybridized carbons (Fsp3) is 0.238. The highest BCUT2D eigenvalue weighted by Gasteiger charge is 2.25. The van der Waals surface area contributed by atoms with Crippen molar-refractivity contribution in [2.75, 3.05) is 0 Å². The lowest BCUT2D eigenvalue weighted by atomic mass is 9.78. The Morgan fingerprint density at radius 1 is 0.958 bits per heavy atom.